The van der Waals surface area contributed by atoms with Gasteiger partial charge < -0.3 is 5.32 Å². The first-order valence-electron chi connectivity index (χ1n) is 9.86. The molecule has 29 heavy (non-hydrogen) atoms. The minimum absolute atomic E-state index is 0.0964. The summed E-state index contributed by atoms with van der Waals surface area (Å²) in [6.07, 6.45) is 1.74. The van der Waals surface area contributed by atoms with Crippen LogP contribution in [0.25, 0.3) is 0 Å². The van der Waals surface area contributed by atoms with E-state index in [0.29, 0.717) is 12.2 Å². The number of nitrogens with zero attached hydrogens (tertiary/aromatic N) is 2. The highest BCUT2D eigenvalue weighted by Crippen LogP contribution is 2.60. The molecule has 0 radical (unpaired) electrons. The zero-order valence-corrected chi connectivity index (χ0v) is 17.1. The number of fused-ring (bicyclic) bond motifs is 7. The first-order chi connectivity index (χ1) is 14.0. The summed E-state index contributed by atoms with van der Waals surface area (Å²) in [6, 6.07) is 14.6. The molecular formula is C22H18BrN3O3. The van der Waals surface area contributed by atoms with Crippen LogP contribution in [0.3, 0.4) is 0 Å². The molecule has 4 aliphatic rings. The number of para-hydroxylation sites is 1. The maximum Gasteiger partial charge on any atom is 0.250 e. The van der Waals surface area contributed by atoms with E-state index in [4.69, 9.17) is 0 Å². The lowest BCUT2D eigenvalue weighted by molar-refractivity contribution is -0.135. The van der Waals surface area contributed by atoms with E-state index in [1.165, 1.54) is 4.90 Å². The van der Waals surface area contributed by atoms with E-state index in [-0.39, 0.29) is 23.8 Å². The predicted molar refractivity (Wildman–Crippen MR) is 110 cm³/mol. The molecule has 1 unspecified atom stereocenters. The summed E-state index contributed by atoms with van der Waals surface area (Å²) < 4.78 is 0.850. The third-order valence-corrected chi connectivity index (χ3v) is 7.46. The van der Waals surface area contributed by atoms with Crippen LogP contribution in [0, 0.1) is 11.8 Å². The maximum absolute atomic E-state index is 13.7. The van der Waals surface area contributed by atoms with Crippen molar-refractivity contribution < 1.29 is 14.4 Å². The van der Waals surface area contributed by atoms with Gasteiger partial charge >= 0.3 is 0 Å². The molecule has 2 aromatic rings. The number of hydrogen-bond donors (Lipinski definition) is 1. The van der Waals surface area contributed by atoms with Crippen molar-refractivity contribution in [3.8, 4) is 0 Å². The van der Waals surface area contributed by atoms with Crippen LogP contribution >= 0.6 is 15.9 Å². The Morgan fingerprint density at radius 2 is 1.83 bits per heavy atom. The van der Waals surface area contributed by atoms with Crippen LogP contribution < -0.4 is 10.2 Å². The summed E-state index contributed by atoms with van der Waals surface area (Å²) in [5.74, 6) is -1.86. The lowest BCUT2D eigenvalue weighted by Gasteiger charge is -2.36. The highest BCUT2D eigenvalue weighted by Gasteiger charge is 2.74. The van der Waals surface area contributed by atoms with Crippen LogP contribution in [0.2, 0.25) is 0 Å². The molecule has 4 heterocycles. The Morgan fingerprint density at radius 3 is 2.62 bits per heavy atom. The minimum Gasteiger partial charge on any atom is -0.324 e. The zero-order chi connectivity index (χ0) is 19.9. The molecule has 2 aromatic carbocycles. The van der Waals surface area contributed by atoms with Crippen molar-refractivity contribution in [2.45, 2.75) is 24.4 Å². The molecule has 7 heteroatoms. The summed E-state index contributed by atoms with van der Waals surface area (Å²) in [5, 5.41) is 2.99. The van der Waals surface area contributed by atoms with Crippen molar-refractivity contribution in [2.24, 2.45) is 11.8 Å². The molecule has 4 atom stereocenters. The summed E-state index contributed by atoms with van der Waals surface area (Å²) in [6.45, 7) is 0.711. The Hall–Kier alpha value is -2.51. The molecule has 4 aliphatic heterocycles. The van der Waals surface area contributed by atoms with Crippen molar-refractivity contribution in [1.29, 1.82) is 0 Å². The van der Waals surface area contributed by atoms with E-state index in [1.54, 1.807) is 12.1 Å². The number of rotatable bonds is 1. The van der Waals surface area contributed by atoms with Gasteiger partial charge in [-0.2, -0.15) is 0 Å². The second kappa shape index (κ2) is 5.77. The average Bonchev–Trinajstić information content (AvgIpc) is 3.41. The van der Waals surface area contributed by atoms with Crippen LogP contribution in [-0.4, -0.2) is 35.2 Å². The number of anilines is 2. The predicted octanol–water partition coefficient (Wildman–Crippen LogP) is 2.88. The van der Waals surface area contributed by atoms with Gasteiger partial charge in [-0.05, 0) is 49.7 Å². The van der Waals surface area contributed by atoms with Gasteiger partial charge in [-0.3, -0.25) is 19.3 Å². The molecule has 3 saturated heterocycles. The fourth-order valence-electron chi connectivity index (χ4n) is 6.01. The smallest absolute Gasteiger partial charge is 0.250 e. The quantitative estimate of drug-likeness (QED) is 0.676. The van der Waals surface area contributed by atoms with E-state index in [1.807, 2.05) is 36.4 Å². The first kappa shape index (κ1) is 17.4. The van der Waals surface area contributed by atoms with Crippen LogP contribution in [0.15, 0.2) is 53.0 Å². The zero-order valence-electron chi connectivity index (χ0n) is 15.5. The van der Waals surface area contributed by atoms with Gasteiger partial charge in [0.1, 0.15) is 5.54 Å². The van der Waals surface area contributed by atoms with Crippen molar-refractivity contribution in [2.75, 3.05) is 16.8 Å². The molecule has 3 fully saturated rings. The van der Waals surface area contributed by atoms with Gasteiger partial charge in [-0.15, -0.1) is 0 Å². The van der Waals surface area contributed by atoms with E-state index >= 15 is 0 Å². The number of carbonyl (C=O) groups is 3. The van der Waals surface area contributed by atoms with Gasteiger partial charge in [0.05, 0.1) is 17.5 Å². The lowest BCUT2D eigenvalue weighted by Crippen LogP contribution is -2.54. The molecule has 0 aliphatic carbocycles. The van der Waals surface area contributed by atoms with E-state index in [2.05, 4.69) is 26.1 Å². The van der Waals surface area contributed by atoms with Gasteiger partial charge in [-0.1, -0.05) is 34.1 Å². The summed E-state index contributed by atoms with van der Waals surface area (Å²) in [7, 11) is 0. The number of amides is 3. The molecule has 6 rings (SSSR count). The van der Waals surface area contributed by atoms with Crippen LogP contribution in [0.1, 0.15) is 18.4 Å². The van der Waals surface area contributed by atoms with E-state index < -0.39 is 17.4 Å². The SMILES string of the molecule is O=C1[C@H]2[C@@H]3CCCN3C3(C(=O)Nc4ccc(Br)cc43)[C@H]2C(=O)N1c1ccccc1. The largest absolute Gasteiger partial charge is 0.324 e. The van der Waals surface area contributed by atoms with Crippen molar-refractivity contribution in [1.82, 2.24) is 4.90 Å². The monoisotopic (exact) mass is 451 g/mol. The molecule has 0 saturated carbocycles. The van der Waals surface area contributed by atoms with E-state index in [0.717, 1.165) is 28.6 Å². The molecule has 1 spiro atoms. The lowest BCUT2D eigenvalue weighted by atomic mass is 9.75. The van der Waals surface area contributed by atoms with Crippen LogP contribution in [-0.2, 0) is 19.9 Å². The maximum atomic E-state index is 13.7. The molecule has 0 bridgehead atoms. The summed E-state index contributed by atoms with van der Waals surface area (Å²) >= 11 is 3.52. The van der Waals surface area contributed by atoms with Crippen LogP contribution in [0.5, 0.6) is 0 Å². The van der Waals surface area contributed by atoms with Crippen LogP contribution in [0.4, 0.5) is 11.4 Å². The first-order valence-corrected chi connectivity index (χ1v) is 10.7. The van der Waals surface area contributed by atoms with Gasteiger partial charge in [0.2, 0.25) is 17.7 Å². The number of hydrogen-bond acceptors (Lipinski definition) is 4. The number of nitrogens with one attached hydrogen (secondary N) is 1. The van der Waals surface area contributed by atoms with E-state index in [9.17, 15) is 14.4 Å². The third-order valence-electron chi connectivity index (χ3n) is 6.97. The van der Waals surface area contributed by atoms with Gasteiger partial charge in [0, 0.05) is 21.8 Å². The molecule has 146 valence electrons. The molecular weight excluding hydrogens is 434 g/mol. The highest BCUT2D eigenvalue weighted by molar-refractivity contribution is 9.10. The average molecular weight is 452 g/mol. The number of benzene rings is 2. The highest BCUT2D eigenvalue weighted by atomic mass is 79.9. The topological polar surface area (TPSA) is 69.7 Å². The fraction of sp³-hybridized carbons (Fsp3) is 0.318. The fourth-order valence-corrected chi connectivity index (χ4v) is 6.37. The number of imide groups is 1. The standard InChI is InChI=1S/C22H18BrN3O3/c23-12-8-9-15-14(11-12)22(21(29)24-15)18-17(16-7-4-10-25(16)22)19(27)26(20(18)28)13-5-2-1-3-6-13/h1-3,5-6,8-9,11,16-18H,4,7,10H2,(H,24,29)/t16-,17-,18+,22?/m0/s1. The Balaban J connectivity index is 1.58. The van der Waals surface area contributed by atoms with Crippen molar-refractivity contribution >= 4 is 45.0 Å². The summed E-state index contributed by atoms with van der Waals surface area (Å²) in [4.78, 5) is 44.2. The third kappa shape index (κ3) is 1.97. The van der Waals surface area contributed by atoms with Crippen molar-refractivity contribution in [3.63, 3.8) is 0 Å². The van der Waals surface area contributed by atoms with Gasteiger partial charge in [0.25, 0.3) is 0 Å². The molecule has 1 N–H and O–H groups in total. The molecule has 3 amide bonds. The Kier molecular flexibility index (Phi) is 3.45. The normalized spacial score (nSPS) is 32.7. The molecule has 6 nitrogen and oxygen atoms in total. The Labute approximate surface area is 176 Å². The summed E-state index contributed by atoms with van der Waals surface area (Å²) in [5.41, 5.74) is 0.973. The van der Waals surface area contributed by atoms with Gasteiger partial charge in [0.15, 0.2) is 0 Å². The Morgan fingerprint density at radius 1 is 1.03 bits per heavy atom. The molecule has 0 aromatic heterocycles. The Bertz CT molecular complexity index is 1090. The minimum atomic E-state index is -1.12. The van der Waals surface area contributed by atoms with Gasteiger partial charge in [-0.25, -0.2) is 4.90 Å². The van der Waals surface area contributed by atoms with Crippen molar-refractivity contribution in [3.05, 3.63) is 58.6 Å². The second-order valence-corrected chi connectivity index (χ2v) is 9.08. The second-order valence-electron chi connectivity index (χ2n) is 8.16. The number of carbonyl (C=O) groups excluding carboxylic acids is 3. The number of halogens is 1.